The molecular formula is C26H30BrNO2. The molecule has 0 aliphatic carbocycles. The summed E-state index contributed by atoms with van der Waals surface area (Å²) in [5, 5.41) is 3.61. The summed E-state index contributed by atoms with van der Waals surface area (Å²) in [5.74, 6) is 1.48. The van der Waals surface area contributed by atoms with Gasteiger partial charge in [-0.15, -0.1) is 0 Å². The Morgan fingerprint density at radius 1 is 0.933 bits per heavy atom. The largest absolute Gasteiger partial charge is 0.493 e. The van der Waals surface area contributed by atoms with Crippen LogP contribution in [-0.4, -0.2) is 13.2 Å². The topological polar surface area (TPSA) is 30.5 Å². The normalized spacial score (nSPS) is 11.9. The average Bonchev–Trinajstić information content (AvgIpc) is 2.77. The molecule has 0 spiro atoms. The second kappa shape index (κ2) is 11.2. The van der Waals surface area contributed by atoms with Crippen LogP contribution in [0.5, 0.6) is 11.5 Å². The van der Waals surface area contributed by atoms with Gasteiger partial charge in [0.05, 0.1) is 11.6 Å². The lowest BCUT2D eigenvalue weighted by atomic mass is 10.1. The standard InChI is InChI=1S/C26H30BrNO2/c1-19-9-12-22(13-10-19)18-30-26-24(27)15-23(16-25(26)29-3)17-28-20(2)11-14-21-7-5-4-6-8-21/h4-10,12-13,15-16,20,28H,11,14,17-18H2,1-3H3. The third-order valence-electron chi connectivity index (χ3n) is 5.16. The van der Waals surface area contributed by atoms with Crippen LogP contribution in [0.1, 0.15) is 35.6 Å². The Bertz CT molecular complexity index is 926. The van der Waals surface area contributed by atoms with E-state index in [0.29, 0.717) is 12.6 Å². The molecule has 0 heterocycles. The molecule has 3 rings (SSSR count). The molecule has 0 radical (unpaired) electrons. The number of hydrogen-bond donors (Lipinski definition) is 1. The molecule has 0 aliphatic heterocycles. The Balaban J connectivity index is 1.56. The van der Waals surface area contributed by atoms with Gasteiger partial charge < -0.3 is 14.8 Å². The quantitative estimate of drug-likeness (QED) is 0.371. The fraction of sp³-hybridized carbons (Fsp3) is 0.308. The molecule has 158 valence electrons. The molecule has 0 amide bonds. The lowest BCUT2D eigenvalue weighted by Crippen LogP contribution is -2.26. The van der Waals surface area contributed by atoms with Crippen molar-refractivity contribution in [3.05, 3.63) is 93.5 Å². The summed E-state index contributed by atoms with van der Waals surface area (Å²) in [5.41, 5.74) is 4.92. The first-order valence-electron chi connectivity index (χ1n) is 10.4. The minimum Gasteiger partial charge on any atom is -0.493 e. The SMILES string of the molecule is COc1cc(CNC(C)CCc2ccccc2)cc(Br)c1OCc1ccc(C)cc1. The number of benzene rings is 3. The molecule has 3 aromatic carbocycles. The Labute approximate surface area is 188 Å². The second-order valence-corrected chi connectivity index (χ2v) is 8.54. The van der Waals surface area contributed by atoms with Gasteiger partial charge in [0.25, 0.3) is 0 Å². The number of nitrogens with one attached hydrogen (secondary N) is 1. The predicted molar refractivity (Wildman–Crippen MR) is 127 cm³/mol. The first kappa shape index (κ1) is 22.4. The van der Waals surface area contributed by atoms with Crippen molar-refractivity contribution in [1.82, 2.24) is 5.32 Å². The zero-order valence-corrected chi connectivity index (χ0v) is 19.5. The maximum Gasteiger partial charge on any atom is 0.175 e. The number of methoxy groups -OCH3 is 1. The van der Waals surface area contributed by atoms with Gasteiger partial charge in [0.2, 0.25) is 0 Å². The Kier molecular flexibility index (Phi) is 8.35. The van der Waals surface area contributed by atoms with Gasteiger partial charge in [0, 0.05) is 12.6 Å². The highest BCUT2D eigenvalue weighted by Crippen LogP contribution is 2.37. The van der Waals surface area contributed by atoms with E-state index >= 15 is 0 Å². The molecule has 0 aliphatic rings. The molecule has 1 atom stereocenters. The molecule has 0 saturated carbocycles. The molecule has 0 bridgehead atoms. The lowest BCUT2D eigenvalue weighted by molar-refractivity contribution is 0.282. The molecule has 0 fully saturated rings. The van der Waals surface area contributed by atoms with Crippen molar-refractivity contribution in [2.45, 2.75) is 45.9 Å². The van der Waals surface area contributed by atoms with Gasteiger partial charge in [0.1, 0.15) is 6.61 Å². The van der Waals surface area contributed by atoms with Crippen LogP contribution >= 0.6 is 15.9 Å². The van der Waals surface area contributed by atoms with Crippen molar-refractivity contribution in [2.24, 2.45) is 0 Å². The minimum absolute atomic E-state index is 0.424. The van der Waals surface area contributed by atoms with Crippen LogP contribution in [0.4, 0.5) is 0 Å². The van der Waals surface area contributed by atoms with Crippen LogP contribution in [0.15, 0.2) is 71.2 Å². The van der Waals surface area contributed by atoms with Gasteiger partial charge in [-0.3, -0.25) is 0 Å². The van der Waals surface area contributed by atoms with Crippen LogP contribution in [0.3, 0.4) is 0 Å². The fourth-order valence-electron chi connectivity index (χ4n) is 3.28. The third kappa shape index (κ3) is 6.61. The van der Waals surface area contributed by atoms with E-state index in [0.717, 1.165) is 46.5 Å². The molecule has 30 heavy (non-hydrogen) atoms. The van der Waals surface area contributed by atoms with Crippen LogP contribution in [0.2, 0.25) is 0 Å². The molecule has 4 heteroatoms. The highest BCUT2D eigenvalue weighted by atomic mass is 79.9. The zero-order chi connectivity index (χ0) is 21.3. The molecule has 3 nitrogen and oxygen atoms in total. The summed E-state index contributed by atoms with van der Waals surface area (Å²) < 4.78 is 12.6. The maximum atomic E-state index is 6.06. The fourth-order valence-corrected chi connectivity index (χ4v) is 3.88. The summed E-state index contributed by atoms with van der Waals surface area (Å²) >= 11 is 3.66. The van der Waals surface area contributed by atoms with Crippen LogP contribution < -0.4 is 14.8 Å². The van der Waals surface area contributed by atoms with Gasteiger partial charge in [0.15, 0.2) is 11.5 Å². The Morgan fingerprint density at radius 3 is 2.37 bits per heavy atom. The lowest BCUT2D eigenvalue weighted by Gasteiger charge is -2.17. The number of rotatable bonds is 10. The van der Waals surface area contributed by atoms with Gasteiger partial charge in [-0.1, -0.05) is 60.2 Å². The summed E-state index contributed by atoms with van der Waals surface area (Å²) in [7, 11) is 1.68. The van der Waals surface area contributed by atoms with Crippen molar-refractivity contribution in [2.75, 3.05) is 7.11 Å². The van der Waals surface area contributed by atoms with Crippen LogP contribution in [-0.2, 0) is 19.6 Å². The average molecular weight is 468 g/mol. The molecule has 3 aromatic rings. The van der Waals surface area contributed by atoms with Crippen LogP contribution in [0.25, 0.3) is 0 Å². The first-order valence-corrected chi connectivity index (χ1v) is 11.2. The van der Waals surface area contributed by atoms with Crippen molar-refractivity contribution >= 4 is 15.9 Å². The number of halogens is 1. The van der Waals surface area contributed by atoms with Crippen molar-refractivity contribution in [1.29, 1.82) is 0 Å². The predicted octanol–water partition coefficient (Wildman–Crippen LogP) is 6.46. The molecular weight excluding hydrogens is 438 g/mol. The summed E-state index contributed by atoms with van der Waals surface area (Å²) in [6.45, 7) is 5.60. The Hall–Kier alpha value is -2.30. The highest BCUT2D eigenvalue weighted by molar-refractivity contribution is 9.10. The van der Waals surface area contributed by atoms with E-state index in [9.17, 15) is 0 Å². The molecule has 0 saturated heterocycles. The van der Waals surface area contributed by atoms with E-state index in [1.54, 1.807) is 7.11 Å². The van der Waals surface area contributed by atoms with Gasteiger partial charge in [-0.2, -0.15) is 0 Å². The van der Waals surface area contributed by atoms with E-state index in [1.165, 1.54) is 11.1 Å². The number of ether oxygens (including phenoxy) is 2. The highest BCUT2D eigenvalue weighted by Gasteiger charge is 2.13. The minimum atomic E-state index is 0.424. The molecule has 1 N–H and O–H groups in total. The van der Waals surface area contributed by atoms with E-state index in [2.05, 4.69) is 95.8 Å². The summed E-state index contributed by atoms with van der Waals surface area (Å²) in [4.78, 5) is 0. The summed E-state index contributed by atoms with van der Waals surface area (Å²) in [6.07, 6.45) is 2.17. The third-order valence-corrected chi connectivity index (χ3v) is 5.75. The Morgan fingerprint density at radius 2 is 1.67 bits per heavy atom. The van der Waals surface area contributed by atoms with E-state index in [4.69, 9.17) is 9.47 Å². The van der Waals surface area contributed by atoms with Crippen molar-refractivity contribution < 1.29 is 9.47 Å². The van der Waals surface area contributed by atoms with Crippen molar-refractivity contribution in [3.8, 4) is 11.5 Å². The van der Waals surface area contributed by atoms with E-state index in [1.807, 2.05) is 6.07 Å². The van der Waals surface area contributed by atoms with E-state index < -0.39 is 0 Å². The smallest absolute Gasteiger partial charge is 0.175 e. The van der Waals surface area contributed by atoms with Gasteiger partial charge >= 0.3 is 0 Å². The molecule has 0 aromatic heterocycles. The second-order valence-electron chi connectivity index (χ2n) is 7.69. The van der Waals surface area contributed by atoms with Gasteiger partial charge in [-0.25, -0.2) is 0 Å². The summed E-state index contributed by atoms with van der Waals surface area (Å²) in [6, 6.07) is 23.6. The number of aryl methyl sites for hydroxylation is 2. The zero-order valence-electron chi connectivity index (χ0n) is 18.0. The number of hydrogen-bond acceptors (Lipinski definition) is 3. The van der Waals surface area contributed by atoms with Gasteiger partial charge in [-0.05, 0) is 71.4 Å². The van der Waals surface area contributed by atoms with Crippen molar-refractivity contribution in [3.63, 3.8) is 0 Å². The van der Waals surface area contributed by atoms with E-state index in [-0.39, 0.29) is 0 Å². The first-order chi connectivity index (χ1) is 14.5. The van der Waals surface area contributed by atoms with Crippen LogP contribution in [0, 0.1) is 6.92 Å². The molecule has 1 unspecified atom stereocenters. The maximum absolute atomic E-state index is 6.06. The monoisotopic (exact) mass is 467 g/mol.